The minimum atomic E-state index is -0.607. The van der Waals surface area contributed by atoms with E-state index in [1.165, 1.54) is 0 Å². The van der Waals surface area contributed by atoms with Crippen molar-refractivity contribution in [1.82, 2.24) is 15.5 Å². The Morgan fingerprint density at radius 2 is 1.92 bits per heavy atom. The molecular weight excluding hydrogens is 318 g/mol. The number of aromatic nitrogens is 2. The fraction of sp³-hybridized carbons (Fsp3) is 0.579. The average Bonchev–Trinajstić information content (AvgIpc) is 3.22. The maximum absolute atomic E-state index is 10.4. The summed E-state index contributed by atoms with van der Waals surface area (Å²) in [5.74, 6) is 2.12. The van der Waals surface area contributed by atoms with Crippen molar-refractivity contribution in [1.29, 1.82) is 0 Å². The number of aryl methyl sites for hydroxylation is 3. The first kappa shape index (κ1) is 17.9. The zero-order valence-electron chi connectivity index (χ0n) is 15.2. The van der Waals surface area contributed by atoms with Crippen LogP contribution >= 0.6 is 0 Å². The van der Waals surface area contributed by atoms with Crippen molar-refractivity contribution in [3.63, 3.8) is 0 Å². The number of para-hydroxylation sites is 1. The molecule has 6 nitrogen and oxygen atoms in total. The molecule has 6 heteroatoms. The number of hydrogen-bond acceptors (Lipinski definition) is 6. The Balaban J connectivity index is 1.58. The van der Waals surface area contributed by atoms with Gasteiger partial charge in [0.15, 0.2) is 5.82 Å². The number of rotatable bonds is 7. The van der Waals surface area contributed by atoms with E-state index in [0.29, 0.717) is 18.3 Å². The molecule has 136 valence electrons. The molecule has 3 rings (SSSR count). The van der Waals surface area contributed by atoms with Gasteiger partial charge in [-0.3, -0.25) is 0 Å². The molecule has 2 N–H and O–H groups in total. The molecule has 2 aromatic rings. The first-order valence-electron chi connectivity index (χ1n) is 8.93. The Morgan fingerprint density at radius 1 is 1.24 bits per heavy atom. The van der Waals surface area contributed by atoms with Gasteiger partial charge in [-0.05, 0) is 37.8 Å². The molecule has 0 radical (unpaired) electrons. The summed E-state index contributed by atoms with van der Waals surface area (Å²) >= 11 is 0. The topological polar surface area (TPSA) is 80.4 Å². The minimum Gasteiger partial charge on any atom is -0.490 e. The van der Waals surface area contributed by atoms with Crippen molar-refractivity contribution >= 4 is 0 Å². The zero-order valence-corrected chi connectivity index (χ0v) is 15.2. The smallest absolute Gasteiger partial charge is 0.223 e. The van der Waals surface area contributed by atoms with Gasteiger partial charge >= 0.3 is 0 Å². The predicted molar refractivity (Wildman–Crippen MR) is 94.6 cm³/mol. The highest BCUT2D eigenvalue weighted by Crippen LogP contribution is 2.37. The van der Waals surface area contributed by atoms with Crippen LogP contribution in [0.2, 0.25) is 0 Å². The van der Waals surface area contributed by atoms with Gasteiger partial charge in [-0.2, -0.15) is 4.98 Å². The number of nitrogens with zero attached hydrogens (tertiary/aromatic N) is 2. The maximum atomic E-state index is 10.4. The lowest BCUT2D eigenvalue weighted by Gasteiger charge is -2.28. The summed E-state index contributed by atoms with van der Waals surface area (Å²) in [6.07, 6.45) is 3.54. The van der Waals surface area contributed by atoms with E-state index in [4.69, 9.17) is 9.26 Å². The third-order valence-corrected chi connectivity index (χ3v) is 4.92. The van der Waals surface area contributed by atoms with E-state index < -0.39 is 6.10 Å². The second-order valence-corrected chi connectivity index (χ2v) is 6.99. The normalized spacial score (nSPS) is 17.6. The molecule has 1 aromatic heterocycles. The third-order valence-electron chi connectivity index (χ3n) is 4.92. The van der Waals surface area contributed by atoms with Gasteiger partial charge in [0, 0.05) is 13.5 Å². The summed E-state index contributed by atoms with van der Waals surface area (Å²) in [6, 6.07) is 6.03. The summed E-state index contributed by atoms with van der Waals surface area (Å²) in [4.78, 5) is 4.41. The van der Waals surface area contributed by atoms with Crippen molar-refractivity contribution in [3.8, 4) is 5.75 Å². The molecule has 0 saturated heterocycles. The fourth-order valence-corrected chi connectivity index (χ4v) is 3.53. The fourth-order valence-electron chi connectivity index (χ4n) is 3.53. The van der Waals surface area contributed by atoms with Gasteiger partial charge in [0.05, 0.1) is 5.54 Å². The van der Waals surface area contributed by atoms with E-state index in [-0.39, 0.29) is 12.1 Å². The number of hydrogen-bond donors (Lipinski definition) is 2. The Morgan fingerprint density at radius 3 is 2.52 bits per heavy atom. The van der Waals surface area contributed by atoms with E-state index in [2.05, 4.69) is 15.5 Å². The van der Waals surface area contributed by atoms with Crippen LogP contribution in [-0.2, 0) is 5.54 Å². The molecule has 1 aliphatic carbocycles. The molecule has 1 fully saturated rings. The largest absolute Gasteiger partial charge is 0.490 e. The molecule has 1 aliphatic rings. The number of benzene rings is 1. The number of nitrogens with one attached hydrogen (secondary N) is 1. The van der Waals surface area contributed by atoms with Crippen LogP contribution in [0.15, 0.2) is 22.7 Å². The van der Waals surface area contributed by atoms with E-state index in [1.54, 1.807) is 6.92 Å². The Kier molecular flexibility index (Phi) is 5.39. The second kappa shape index (κ2) is 7.54. The van der Waals surface area contributed by atoms with Gasteiger partial charge in [-0.1, -0.05) is 36.2 Å². The molecule has 0 spiro atoms. The second-order valence-electron chi connectivity index (χ2n) is 6.99. The van der Waals surface area contributed by atoms with Gasteiger partial charge in [-0.25, -0.2) is 0 Å². The van der Waals surface area contributed by atoms with Crippen molar-refractivity contribution in [3.05, 3.63) is 41.0 Å². The van der Waals surface area contributed by atoms with Crippen LogP contribution in [0.25, 0.3) is 0 Å². The molecule has 0 bridgehead atoms. The van der Waals surface area contributed by atoms with Crippen molar-refractivity contribution < 1.29 is 14.4 Å². The van der Waals surface area contributed by atoms with Gasteiger partial charge in [0.1, 0.15) is 18.5 Å². The molecule has 1 saturated carbocycles. The van der Waals surface area contributed by atoms with Crippen LogP contribution in [0.4, 0.5) is 0 Å². The van der Waals surface area contributed by atoms with Crippen molar-refractivity contribution in [2.45, 2.75) is 58.1 Å². The molecule has 25 heavy (non-hydrogen) atoms. The lowest BCUT2D eigenvalue weighted by Crippen LogP contribution is -2.45. The lowest BCUT2D eigenvalue weighted by molar-refractivity contribution is 0.0944. The van der Waals surface area contributed by atoms with Gasteiger partial charge in [-0.15, -0.1) is 0 Å². The lowest BCUT2D eigenvalue weighted by atomic mass is 9.96. The highest BCUT2D eigenvalue weighted by Gasteiger charge is 2.39. The van der Waals surface area contributed by atoms with E-state index >= 15 is 0 Å². The first-order valence-corrected chi connectivity index (χ1v) is 8.93. The standard InChI is InChI=1S/C19H27N3O3/c1-13-7-6-8-14(2)17(13)24-12-16(23)11-20-19(9-4-5-10-19)18-21-15(3)25-22-18/h6-8,16,20,23H,4-5,9-12H2,1-3H3. The Bertz CT molecular complexity index is 687. The van der Waals surface area contributed by atoms with Crippen LogP contribution in [0.1, 0.15) is 48.5 Å². The van der Waals surface area contributed by atoms with E-state index in [0.717, 1.165) is 42.6 Å². The molecule has 1 unspecified atom stereocenters. The molecule has 0 amide bonds. The minimum absolute atomic E-state index is 0.250. The summed E-state index contributed by atoms with van der Waals surface area (Å²) < 4.78 is 11.0. The quantitative estimate of drug-likeness (QED) is 0.803. The monoisotopic (exact) mass is 345 g/mol. The summed E-state index contributed by atoms with van der Waals surface area (Å²) in [7, 11) is 0. The van der Waals surface area contributed by atoms with Crippen LogP contribution in [0.5, 0.6) is 5.75 Å². The van der Waals surface area contributed by atoms with Crippen LogP contribution < -0.4 is 10.1 Å². The predicted octanol–water partition coefficient (Wildman–Crippen LogP) is 2.79. The number of ether oxygens (including phenoxy) is 1. The van der Waals surface area contributed by atoms with E-state index in [9.17, 15) is 5.11 Å². The third kappa shape index (κ3) is 4.02. The first-order chi connectivity index (χ1) is 12.0. The van der Waals surface area contributed by atoms with Gasteiger partial charge in [0.25, 0.3) is 0 Å². The SMILES string of the molecule is Cc1nc(C2(NCC(O)COc3c(C)cccc3C)CCCC2)no1. The molecule has 1 atom stereocenters. The van der Waals surface area contributed by atoms with Crippen molar-refractivity contribution in [2.24, 2.45) is 0 Å². The highest BCUT2D eigenvalue weighted by molar-refractivity contribution is 5.39. The number of aliphatic hydroxyl groups is 1. The summed E-state index contributed by atoms with van der Waals surface area (Å²) in [6.45, 7) is 6.50. The van der Waals surface area contributed by atoms with Crippen molar-refractivity contribution in [2.75, 3.05) is 13.2 Å². The van der Waals surface area contributed by atoms with E-state index in [1.807, 2.05) is 32.0 Å². The Labute approximate surface area is 148 Å². The summed E-state index contributed by atoms with van der Waals surface area (Å²) in [5, 5.41) is 17.9. The average molecular weight is 345 g/mol. The van der Waals surface area contributed by atoms with Gasteiger partial charge in [0.2, 0.25) is 5.89 Å². The zero-order chi connectivity index (χ0) is 17.9. The molecule has 1 aromatic carbocycles. The van der Waals surface area contributed by atoms with Crippen LogP contribution in [0, 0.1) is 20.8 Å². The number of aliphatic hydroxyl groups excluding tert-OH is 1. The highest BCUT2D eigenvalue weighted by atomic mass is 16.5. The maximum Gasteiger partial charge on any atom is 0.223 e. The van der Waals surface area contributed by atoms with Crippen LogP contribution in [-0.4, -0.2) is 34.5 Å². The van der Waals surface area contributed by atoms with Gasteiger partial charge < -0.3 is 19.7 Å². The molecule has 0 aliphatic heterocycles. The Hall–Kier alpha value is -1.92. The molecule has 1 heterocycles. The molecular formula is C19H27N3O3. The summed E-state index contributed by atoms with van der Waals surface area (Å²) in [5.41, 5.74) is 1.86. The van der Waals surface area contributed by atoms with Crippen LogP contribution in [0.3, 0.4) is 0 Å².